The van der Waals surface area contributed by atoms with Gasteiger partial charge in [-0.25, -0.2) is 0 Å². The van der Waals surface area contributed by atoms with Crippen LogP contribution in [-0.4, -0.2) is 17.2 Å². The van der Waals surface area contributed by atoms with E-state index in [4.69, 9.17) is 5.73 Å². The average molecular weight is 278 g/mol. The molecule has 1 aliphatic carbocycles. The van der Waals surface area contributed by atoms with Crippen LogP contribution in [0.25, 0.3) is 0 Å². The van der Waals surface area contributed by atoms with E-state index in [1.807, 2.05) is 25.1 Å². The summed E-state index contributed by atoms with van der Waals surface area (Å²) in [6, 6.07) is 8.48. The summed E-state index contributed by atoms with van der Waals surface area (Å²) in [5, 5.41) is 3.08. The van der Waals surface area contributed by atoms with Crippen molar-refractivity contribution >= 4 is 17.7 Å². The first-order valence-corrected chi connectivity index (χ1v) is 7.83. The Morgan fingerprint density at radius 1 is 1.47 bits per heavy atom. The first-order chi connectivity index (χ1) is 9.19. The minimum absolute atomic E-state index is 0.0615. The Kier molecular flexibility index (Phi) is 5.28. The zero-order valence-corrected chi connectivity index (χ0v) is 12.2. The van der Waals surface area contributed by atoms with Gasteiger partial charge >= 0.3 is 0 Å². The van der Waals surface area contributed by atoms with Crippen molar-refractivity contribution in [2.45, 2.75) is 55.3 Å². The Morgan fingerprint density at radius 3 is 2.89 bits per heavy atom. The number of hydrogen-bond donors (Lipinski definition) is 2. The van der Waals surface area contributed by atoms with E-state index >= 15 is 0 Å². The fourth-order valence-corrected chi connectivity index (χ4v) is 3.35. The summed E-state index contributed by atoms with van der Waals surface area (Å²) in [4.78, 5) is 13.2. The van der Waals surface area contributed by atoms with Gasteiger partial charge < -0.3 is 11.1 Å². The van der Waals surface area contributed by atoms with E-state index in [1.54, 1.807) is 11.8 Å². The van der Waals surface area contributed by atoms with Crippen molar-refractivity contribution in [1.82, 2.24) is 5.32 Å². The Bertz CT molecular complexity index is 430. The lowest BCUT2D eigenvalue weighted by molar-refractivity contribution is -0.120. The first kappa shape index (κ1) is 14.4. The van der Waals surface area contributed by atoms with Gasteiger partial charge in [-0.1, -0.05) is 25.0 Å². The van der Waals surface area contributed by atoms with Crippen LogP contribution in [0.4, 0.5) is 0 Å². The van der Waals surface area contributed by atoms with Crippen molar-refractivity contribution in [3.8, 4) is 0 Å². The van der Waals surface area contributed by atoms with Crippen LogP contribution in [0.5, 0.6) is 0 Å². The number of carbonyl (C=O) groups is 1. The van der Waals surface area contributed by atoms with Gasteiger partial charge in [0, 0.05) is 17.5 Å². The van der Waals surface area contributed by atoms with Crippen LogP contribution < -0.4 is 11.1 Å². The molecule has 1 aliphatic rings. The molecule has 1 saturated carbocycles. The second-order valence-corrected chi connectivity index (χ2v) is 6.52. The van der Waals surface area contributed by atoms with Gasteiger partial charge in [-0.3, -0.25) is 4.79 Å². The summed E-state index contributed by atoms with van der Waals surface area (Å²) in [5.74, 6) is 0.148. The highest BCUT2D eigenvalue weighted by atomic mass is 32.2. The minimum Gasteiger partial charge on any atom is -0.352 e. The molecule has 0 radical (unpaired) electrons. The predicted octanol–water partition coefficient (Wildman–Crippen LogP) is 2.68. The second-order valence-electron chi connectivity index (χ2n) is 5.10. The number of carbonyl (C=O) groups excluding carboxylic acids is 1. The van der Waals surface area contributed by atoms with Crippen LogP contribution in [0.15, 0.2) is 29.2 Å². The summed E-state index contributed by atoms with van der Waals surface area (Å²) in [6.07, 6.45) is 4.74. The van der Waals surface area contributed by atoms with E-state index in [0.717, 1.165) is 23.3 Å². The van der Waals surface area contributed by atoms with Crippen molar-refractivity contribution in [2.75, 3.05) is 0 Å². The highest BCUT2D eigenvalue weighted by Gasteiger charge is 2.21. The van der Waals surface area contributed by atoms with Crippen LogP contribution in [-0.2, 0) is 11.3 Å². The predicted molar refractivity (Wildman–Crippen MR) is 80.1 cm³/mol. The Morgan fingerprint density at radius 2 is 2.21 bits per heavy atom. The molecule has 3 N–H and O–H groups in total. The molecule has 0 heterocycles. The zero-order valence-electron chi connectivity index (χ0n) is 11.4. The topological polar surface area (TPSA) is 55.1 Å². The smallest absolute Gasteiger partial charge is 0.233 e. The number of nitrogens with two attached hydrogens (primary N) is 1. The maximum absolute atomic E-state index is 12.1. The molecule has 0 bridgehead atoms. The molecule has 1 atom stereocenters. The van der Waals surface area contributed by atoms with Gasteiger partial charge in [0.15, 0.2) is 0 Å². The number of thioether (sulfide) groups is 1. The molecule has 4 heteroatoms. The second kappa shape index (κ2) is 6.96. The summed E-state index contributed by atoms with van der Waals surface area (Å²) in [5.41, 5.74) is 6.73. The molecule has 1 amide bonds. The normalized spacial score (nSPS) is 17.4. The molecule has 3 nitrogen and oxygen atoms in total. The fourth-order valence-electron chi connectivity index (χ4n) is 2.39. The third kappa shape index (κ3) is 4.25. The van der Waals surface area contributed by atoms with Crippen LogP contribution in [0.1, 0.15) is 38.2 Å². The number of nitrogens with one attached hydrogen (secondary N) is 1. The number of amides is 1. The molecule has 1 unspecified atom stereocenters. The highest BCUT2D eigenvalue weighted by molar-refractivity contribution is 8.00. The largest absolute Gasteiger partial charge is 0.352 e. The van der Waals surface area contributed by atoms with E-state index in [9.17, 15) is 4.79 Å². The van der Waals surface area contributed by atoms with Gasteiger partial charge in [-0.2, -0.15) is 0 Å². The molecule has 0 aliphatic heterocycles. The monoisotopic (exact) mass is 278 g/mol. The molecule has 0 aromatic heterocycles. The van der Waals surface area contributed by atoms with Crippen LogP contribution in [0.2, 0.25) is 0 Å². The van der Waals surface area contributed by atoms with E-state index in [2.05, 4.69) is 11.4 Å². The summed E-state index contributed by atoms with van der Waals surface area (Å²) in [7, 11) is 0. The molecule has 1 aromatic carbocycles. The van der Waals surface area contributed by atoms with E-state index < -0.39 is 0 Å². The Labute approximate surface area is 119 Å². The molecule has 2 rings (SSSR count). The van der Waals surface area contributed by atoms with Crippen molar-refractivity contribution in [2.24, 2.45) is 5.73 Å². The van der Waals surface area contributed by atoms with Gasteiger partial charge in [0.2, 0.25) is 5.91 Å². The first-order valence-electron chi connectivity index (χ1n) is 6.95. The van der Waals surface area contributed by atoms with Crippen molar-refractivity contribution in [1.29, 1.82) is 0 Å². The molecule has 1 fully saturated rings. The molecular formula is C15H22N2OS. The number of rotatable bonds is 5. The van der Waals surface area contributed by atoms with Gasteiger partial charge in [0.05, 0.1) is 5.25 Å². The summed E-state index contributed by atoms with van der Waals surface area (Å²) in [6.45, 7) is 2.50. The maximum Gasteiger partial charge on any atom is 0.233 e. The fraction of sp³-hybridized carbons (Fsp3) is 0.533. The van der Waals surface area contributed by atoms with Crippen LogP contribution in [0, 0.1) is 0 Å². The van der Waals surface area contributed by atoms with E-state index in [-0.39, 0.29) is 11.2 Å². The third-order valence-electron chi connectivity index (χ3n) is 3.52. The quantitative estimate of drug-likeness (QED) is 0.814. The Hall–Kier alpha value is -1.00. The number of hydrogen-bond acceptors (Lipinski definition) is 3. The lowest BCUT2D eigenvalue weighted by Gasteiger charge is -2.16. The summed E-state index contributed by atoms with van der Waals surface area (Å²) >= 11 is 1.60. The minimum atomic E-state index is -0.0615. The van der Waals surface area contributed by atoms with Gasteiger partial charge in [-0.05, 0) is 37.5 Å². The zero-order chi connectivity index (χ0) is 13.7. The van der Waals surface area contributed by atoms with Crippen LogP contribution >= 0.6 is 11.8 Å². The number of benzene rings is 1. The van der Waals surface area contributed by atoms with Gasteiger partial charge in [0.1, 0.15) is 0 Å². The van der Waals surface area contributed by atoms with Crippen LogP contribution in [0.3, 0.4) is 0 Å². The van der Waals surface area contributed by atoms with Crippen molar-refractivity contribution < 1.29 is 4.79 Å². The average Bonchev–Trinajstić information content (AvgIpc) is 2.91. The van der Waals surface area contributed by atoms with E-state index in [0.29, 0.717) is 12.6 Å². The molecule has 19 heavy (non-hydrogen) atoms. The van der Waals surface area contributed by atoms with Gasteiger partial charge in [-0.15, -0.1) is 11.8 Å². The van der Waals surface area contributed by atoms with Crippen molar-refractivity contribution in [3.05, 3.63) is 29.8 Å². The molecule has 0 saturated heterocycles. The standard InChI is InChI=1S/C15H22N2OS/c1-11(15(18)17-13-6-2-3-7-13)19-14-8-4-5-12(9-14)10-16/h4-5,8-9,11,13H,2-3,6-7,10,16H2,1H3,(H,17,18). The maximum atomic E-state index is 12.1. The molecule has 1 aromatic rings. The molecule has 0 spiro atoms. The van der Waals surface area contributed by atoms with E-state index in [1.165, 1.54) is 12.8 Å². The lowest BCUT2D eigenvalue weighted by atomic mass is 10.2. The lowest BCUT2D eigenvalue weighted by Crippen LogP contribution is -2.37. The molecular weight excluding hydrogens is 256 g/mol. The third-order valence-corrected chi connectivity index (χ3v) is 4.61. The van der Waals surface area contributed by atoms with Crippen molar-refractivity contribution in [3.63, 3.8) is 0 Å². The summed E-state index contributed by atoms with van der Waals surface area (Å²) < 4.78 is 0. The molecule has 104 valence electrons. The van der Waals surface area contributed by atoms with Gasteiger partial charge in [0.25, 0.3) is 0 Å². The Balaban J connectivity index is 1.88. The highest BCUT2D eigenvalue weighted by Crippen LogP contribution is 2.25. The SMILES string of the molecule is CC(Sc1cccc(CN)c1)C(=O)NC1CCCC1.